The molecule has 8 nitrogen and oxygen atoms in total. The predicted octanol–water partition coefficient (Wildman–Crippen LogP) is 3.47. The Kier molecular flexibility index (Phi) is 5.92. The van der Waals surface area contributed by atoms with E-state index in [2.05, 4.69) is 14.9 Å². The van der Waals surface area contributed by atoms with E-state index < -0.39 is 10.0 Å². The zero-order chi connectivity index (χ0) is 21.3. The normalized spacial score (nSPS) is 14.4. The van der Waals surface area contributed by atoms with Crippen molar-refractivity contribution in [3.05, 3.63) is 51.7 Å². The highest BCUT2D eigenvalue weighted by atomic mass is 35.5. The molecule has 4 rings (SSSR count). The maximum atomic E-state index is 12.8. The maximum absolute atomic E-state index is 12.8. The van der Waals surface area contributed by atoms with Gasteiger partial charge in [-0.15, -0.1) is 11.3 Å². The zero-order valence-electron chi connectivity index (χ0n) is 16.1. The van der Waals surface area contributed by atoms with Gasteiger partial charge in [-0.05, 0) is 37.5 Å². The third kappa shape index (κ3) is 4.27. The van der Waals surface area contributed by atoms with Gasteiger partial charge in [-0.3, -0.25) is 4.79 Å². The number of hydrogen-bond acceptors (Lipinski definition) is 7. The van der Waals surface area contributed by atoms with Crippen LogP contribution < -0.4 is 4.72 Å². The predicted molar refractivity (Wildman–Crippen MR) is 113 cm³/mol. The number of thiophene rings is 1. The van der Waals surface area contributed by atoms with E-state index in [1.165, 1.54) is 17.4 Å². The quantitative estimate of drug-likeness (QED) is 0.596. The lowest BCUT2D eigenvalue weighted by atomic mass is 10.2. The molecule has 1 amide bonds. The zero-order valence-corrected chi connectivity index (χ0v) is 18.5. The van der Waals surface area contributed by atoms with Crippen molar-refractivity contribution in [1.29, 1.82) is 0 Å². The van der Waals surface area contributed by atoms with Gasteiger partial charge in [-0.1, -0.05) is 35.0 Å². The molecular formula is C19H19ClN4O4S2. The van der Waals surface area contributed by atoms with E-state index in [-0.39, 0.29) is 29.1 Å². The van der Waals surface area contributed by atoms with Gasteiger partial charge in [0.1, 0.15) is 0 Å². The van der Waals surface area contributed by atoms with Gasteiger partial charge in [0.15, 0.2) is 0 Å². The van der Waals surface area contributed by atoms with E-state index in [0.29, 0.717) is 33.4 Å². The molecule has 1 N–H and O–H groups in total. The Bertz CT molecular complexity index is 1180. The minimum atomic E-state index is -3.78. The first-order chi connectivity index (χ1) is 14.3. The molecule has 3 aromatic rings. The molecule has 1 aliphatic rings. The number of sulfonamides is 1. The van der Waals surface area contributed by atoms with Crippen LogP contribution in [0.15, 0.2) is 39.8 Å². The van der Waals surface area contributed by atoms with Gasteiger partial charge in [0.2, 0.25) is 15.8 Å². The number of hydrogen-bond donors (Lipinski definition) is 1. The summed E-state index contributed by atoms with van der Waals surface area (Å²) in [6.45, 7) is 3.13. The molecule has 1 aromatic carbocycles. The highest BCUT2D eigenvalue weighted by Gasteiger charge is 2.27. The number of nitrogens with one attached hydrogen (secondary N) is 1. The highest BCUT2D eigenvalue weighted by Crippen LogP contribution is 2.32. The van der Waals surface area contributed by atoms with Crippen LogP contribution in [0.2, 0.25) is 5.02 Å². The Morgan fingerprint density at radius 2 is 2.03 bits per heavy atom. The lowest BCUT2D eigenvalue weighted by molar-refractivity contribution is 0.0743. The summed E-state index contributed by atoms with van der Waals surface area (Å²) < 4.78 is 33.3. The average molecular weight is 467 g/mol. The number of aromatic nitrogens is 2. The SMILES string of the molecule is Cc1sc(-c2noc(C(=O)N3CCCC3)n2)cc1S(=O)(=O)NCc1ccccc1Cl. The first kappa shape index (κ1) is 21.0. The number of likely N-dealkylation sites (tertiary alicyclic amines) is 1. The molecule has 0 bridgehead atoms. The molecule has 158 valence electrons. The van der Waals surface area contributed by atoms with Gasteiger partial charge in [-0.25, -0.2) is 13.1 Å². The number of benzene rings is 1. The van der Waals surface area contributed by atoms with Crippen molar-refractivity contribution in [3.63, 3.8) is 0 Å². The summed E-state index contributed by atoms with van der Waals surface area (Å²) in [6.07, 6.45) is 1.92. The number of aryl methyl sites for hydroxylation is 1. The van der Waals surface area contributed by atoms with Crippen molar-refractivity contribution >= 4 is 38.9 Å². The number of carbonyl (C=O) groups is 1. The number of amides is 1. The third-order valence-corrected chi connectivity index (χ3v) is 7.87. The smallest absolute Gasteiger partial charge is 0.316 e. The largest absolute Gasteiger partial charge is 0.334 e. The summed E-state index contributed by atoms with van der Waals surface area (Å²) in [4.78, 5) is 19.5. The van der Waals surface area contributed by atoms with E-state index in [1.807, 2.05) is 0 Å². The third-order valence-electron chi connectivity index (χ3n) is 4.79. The lowest BCUT2D eigenvalue weighted by Crippen LogP contribution is -2.27. The van der Waals surface area contributed by atoms with Gasteiger partial charge in [0.05, 0.1) is 9.77 Å². The number of rotatable bonds is 6. The lowest BCUT2D eigenvalue weighted by Gasteiger charge is -2.10. The Morgan fingerprint density at radius 1 is 1.30 bits per heavy atom. The standard InChI is InChI=1S/C19H19ClN4O4S2/c1-12-16(30(26,27)21-11-13-6-2-3-7-14(13)20)10-15(29-12)17-22-18(28-23-17)19(25)24-8-4-5-9-24/h2-3,6-7,10,21H,4-5,8-9,11H2,1H3. The summed E-state index contributed by atoms with van der Waals surface area (Å²) in [5.74, 6) is -0.189. The molecule has 0 unspecified atom stereocenters. The van der Waals surface area contributed by atoms with E-state index in [9.17, 15) is 13.2 Å². The topological polar surface area (TPSA) is 105 Å². The van der Waals surface area contributed by atoms with Gasteiger partial charge in [0.25, 0.3) is 0 Å². The van der Waals surface area contributed by atoms with Crippen molar-refractivity contribution in [3.8, 4) is 10.7 Å². The molecule has 1 fully saturated rings. The van der Waals surface area contributed by atoms with Gasteiger partial charge < -0.3 is 9.42 Å². The second-order valence-electron chi connectivity index (χ2n) is 6.87. The summed E-state index contributed by atoms with van der Waals surface area (Å²) >= 11 is 7.32. The van der Waals surface area contributed by atoms with Gasteiger partial charge in [-0.2, -0.15) is 4.98 Å². The van der Waals surface area contributed by atoms with Crippen molar-refractivity contribution < 1.29 is 17.7 Å². The van der Waals surface area contributed by atoms with Crippen molar-refractivity contribution in [2.75, 3.05) is 13.1 Å². The number of nitrogens with zero attached hydrogens (tertiary/aromatic N) is 3. The molecule has 0 saturated carbocycles. The second-order valence-corrected chi connectivity index (χ2v) is 10.3. The minimum absolute atomic E-state index is 0.0727. The van der Waals surface area contributed by atoms with Crippen molar-refractivity contribution in [2.45, 2.75) is 31.2 Å². The average Bonchev–Trinajstić information content (AvgIpc) is 3.47. The van der Waals surface area contributed by atoms with Crippen LogP contribution in [0.4, 0.5) is 0 Å². The Hall–Kier alpha value is -2.27. The summed E-state index contributed by atoms with van der Waals surface area (Å²) in [5, 5.41) is 4.36. The van der Waals surface area contributed by atoms with Crippen LogP contribution in [0.25, 0.3) is 10.7 Å². The molecule has 3 heterocycles. The molecule has 0 radical (unpaired) electrons. The summed E-state index contributed by atoms with van der Waals surface area (Å²) in [7, 11) is -3.78. The fraction of sp³-hybridized carbons (Fsp3) is 0.316. The molecule has 2 aromatic heterocycles. The Balaban J connectivity index is 1.53. The monoisotopic (exact) mass is 466 g/mol. The highest BCUT2D eigenvalue weighted by molar-refractivity contribution is 7.89. The van der Waals surface area contributed by atoms with Gasteiger partial charge in [0, 0.05) is 29.5 Å². The van der Waals surface area contributed by atoms with E-state index in [0.717, 1.165) is 12.8 Å². The van der Waals surface area contributed by atoms with Crippen molar-refractivity contribution in [2.24, 2.45) is 0 Å². The van der Waals surface area contributed by atoms with E-state index in [4.69, 9.17) is 16.1 Å². The molecule has 0 spiro atoms. The molecule has 1 aliphatic heterocycles. The first-order valence-corrected chi connectivity index (χ1v) is 12.0. The van der Waals surface area contributed by atoms with Crippen molar-refractivity contribution in [1.82, 2.24) is 19.8 Å². The summed E-state index contributed by atoms with van der Waals surface area (Å²) in [6, 6.07) is 8.53. The second kappa shape index (κ2) is 8.46. The van der Waals surface area contributed by atoms with E-state index in [1.54, 1.807) is 36.1 Å². The molecule has 1 saturated heterocycles. The number of carbonyl (C=O) groups excluding carboxylic acids is 1. The van der Waals surface area contributed by atoms with Crippen LogP contribution in [0.1, 0.15) is 34.0 Å². The molecule has 30 heavy (non-hydrogen) atoms. The Morgan fingerprint density at radius 3 is 2.77 bits per heavy atom. The van der Waals surface area contributed by atoms with Crippen LogP contribution in [-0.2, 0) is 16.6 Å². The fourth-order valence-electron chi connectivity index (χ4n) is 3.20. The number of halogens is 1. The first-order valence-electron chi connectivity index (χ1n) is 9.32. The molecule has 0 atom stereocenters. The molecule has 11 heteroatoms. The molecular weight excluding hydrogens is 448 g/mol. The molecule has 0 aliphatic carbocycles. The van der Waals surface area contributed by atoms with Crippen LogP contribution in [0, 0.1) is 6.92 Å². The Labute approximate surface area is 182 Å². The van der Waals surface area contributed by atoms with Crippen LogP contribution >= 0.6 is 22.9 Å². The fourth-order valence-corrected chi connectivity index (χ4v) is 5.92. The van der Waals surface area contributed by atoms with Gasteiger partial charge >= 0.3 is 11.8 Å². The van der Waals surface area contributed by atoms with E-state index >= 15 is 0 Å². The van der Waals surface area contributed by atoms with Crippen LogP contribution in [0.3, 0.4) is 0 Å². The van der Waals surface area contributed by atoms with Crippen LogP contribution in [0.5, 0.6) is 0 Å². The maximum Gasteiger partial charge on any atom is 0.316 e. The van der Waals surface area contributed by atoms with Crippen LogP contribution in [-0.4, -0.2) is 42.5 Å². The summed E-state index contributed by atoms with van der Waals surface area (Å²) in [5.41, 5.74) is 0.680. The minimum Gasteiger partial charge on any atom is -0.334 e.